The summed E-state index contributed by atoms with van der Waals surface area (Å²) in [6, 6.07) is 0. The van der Waals surface area contributed by atoms with Crippen molar-refractivity contribution < 1.29 is 4.79 Å². The van der Waals surface area contributed by atoms with E-state index in [1.165, 1.54) is 0 Å². The van der Waals surface area contributed by atoms with E-state index in [1.807, 2.05) is 20.8 Å². The van der Waals surface area contributed by atoms with Crippen LogP contribution >= 0.6 is 0 Å². The third kappa shape index (κ3) is 22.4. The quantitative estimate of drug-likeness (QED) is 0.312. The van der Waals surface area contributed by atoms with E-state index in [0.717, 1.165) is 44.9 Å². The second-order valence-corrected chi connectivity index (χ2v) is 5.80. The second-order valence-electron chi connectivity index (χ2n) is 5.80. The van der Waals surface area contributed by atoms with Gasteiger partial charge in [-0.05, 0) is 51.9 Å². The van der Waals surface area contributed by atoms with Crippen molar-refractivity contribution in [1.82, 2.24) is 0 Å². The van der Waals surface area contributed by atoms with Crippen molar-refractivity contribution in [2.45, 2.75) is 79.6 Å². The molecule has 0 aromatic rings. The lowest BCUT2D eigenvalue weighted by Crippen LogP contribution is -2.04. The van der Waals surface area contributed by atoms with Gasteiger partial charge in [0.15, 0.2) is 0 Å². The molecule has 0 aliphatic carbocycles. The van der Waals surface area contributed by atoms with Gasteiger partial charge in [0.25, 0.3) is 0 Å². The number of allylic oxidation sites excluding steroid dienone is 10. The van der Waals surface area contributed by atoms with Crippen LogP contribution in [-0.2, 0) is 4.79 Å². The summed E-state index contributed by atoms with van der Waals surface area (Å²) < 4.78 is 0. The van der Waals surface area contributed by atoms with Gasteiger partial charge in [-0.25, -0.2) is 0 Å². The molecule has 1 nitrogen and oxygen atoms in total. The molecule has 0 aromatic heterocycles. The number of hydrogen-bond donors (Lipinski definition) is 0. The normalized spacial score (nSPS) is 13.3. The first kappa shape index (κ1) is 25.6. The van der Waals surface area contributed by atoms with Crippen molar-refractivity contribution in [1.29, 1.82) is 0 Å². The van der Waals surface area contributed by atoms with Crippen LogP contribution in [0.2, 0.25) is 0 Å². The van der Waals surface area contributed by atoms with Gasteiger partial charge in [0, 0.05) is 5.92 Å². The fraction of sp³-hybridized carbons (Fsp3) is 0.542. The largest absolute Gasteiger partial charge is 0.300 e. The highest BCUT2D eigenvalue weighted by molar-refractivity contribution is 5.77. The Morgan fingerprint density at radius 1 is 0.720 bits per heavy atom. The molecule has 25 heavy (non-hydrogen) atoms. The van der Waals surface area contributed by atoms with Crippen molar-refractivity contribution in [3.8, 4) is 0 Å². The molecule has 142 valence electrons. The van der Waals surface area contributed by atoms with Gasteiger partial charge in [-0.3, -0.25) is 4.79 Å². The van der Waals surface area contributed by atoms with Gasteiger partial charge in [-0.2, -0.15) is 0 Å². The minimum Gasteiger partial charge on any atom is -0.300 e. The van der Waals surface area contributed by atoms with Gasteiger partial charge in [0.1, 0.15) is 5.78 Å². The molecule has 0 spiro atoms. The number of carbonyl (C=O) groups excluding carboxylic acids is 1. The number of carbonyl (C=O) groups is 1. The van der Waals surface area contributed by atoms with Crippen LogP contribution in [0.4, 0.5) is 0 Å². The fourth-order valence-corrected chi connectivity index (χ4v) is 1.92. The summed E-state index contributed by atoms with van der Waals surface area (Å²) >= 11 is 0. The first-order chi connectivity index (χ1) is 12.2. The van der Waals surface area contributed by atoms with Crippen molar-refractivity contribution in [3.63, 3.8) is 0 Å². The van der Waals surface area contributed by atoms with Crippen molar-refractivity contribution in [2.75, 3.05) is 0 Å². The highest BCUT2D eigenvalue weighted by atomic mass is 16.1. The zero-order valence-corrected chi connectivity index (χ0v) is 17.2. The highest BCUT2D eigenvalue weighted by Gasteiger charge is 2.04. The minimum atomic E-state index is 0.192. The molecule has 1 heteroatoms. The molecule has 0 aromatic carbocycles. The third-order valence-electron chi connectivity index (χ3n) is 3.62. The van der Waals surface area contributed by atoms with Crippen LogP contribution in [0, 0.1) is 5.92 Å². The molecule has 0 radical (unpaired) electrons. The smallest absolute Gasteiger partial charge is 0.132 e. The molecule has 0 saturated heterocycles. The Balaban J connectivity index is 0. The van der Waals surface area contributed by atoms with E-state index in [4.69, 9.17) is 0 Å². The second kappa shape index (κ2) is 22.4. The Morgan fingerprint density at radius 2 is 1.08 bits per heavy atom. The molecule has 0 heterocycles. The lowest BCUT2D eigenvalue weighted by atomic mass is 10.0. The van der Waals surface area contributed by atoms with Gasteiger partial charge < -0.3 is 0 Å². The van der Waals surface area contributed by atoms with Crippen LogP contribution in [0.15, 0.2) is 60.8 Å². The molecule has 1 unspecified atom stereocenters. The SMILES string of the molecule is CC.CC/C=C\C/C=C\C/C=C\C/C=C\C/C=C\CCC(C)C(C)=O. The predicted octanol–water partition coefficient (Wildman–Crippen LogP) is 7.77. The zero-order valence-electron chi connectivity index (χ0n) is 17.2. The zero-order chi connectivity index (χ0) is 19.2. The molecular weight excluding hydrogens is 304 g/mol. The van der Waals surface area contributed by atoms with Gasteiger partial charge >= 0.3 is 0 Å². The topological polar surface area (TPSA) is 17.1 Å². The van der Waals surface area contributed by atoms with Crippen LogP contribution in [0.25, 0.3) is 0 Å². The lowest BCUT2D eigenvalue weighted by molar-refractivity contribution is -0.120. The van der Waals surface area contributed by atoms with E-state index >= 15 is 0 Å². The van der Waals surface area contributed by atoms with E-state index in [2.05, 4.69) is 67.7 Å². The average molecular weight is 345 g/mol. The average Bonchev–Trinajstić information content (AvgIpc) is 2.62. The Hall–Kier alpha value is -1.63. The van der Waals surface area contributed by atoms with Gasteiger partial charge in [0.2, 0.25) is 0 Å². The number of hydrogen-bond acceptors (Lipinski definition) is 1. The molecular formula is C24H40O. The first-order valence-corrected chi connectivity index (χ1v) is 9.93. The molecule has 0 fully saturated rings. The van der Waals surface area contributed by atoms with E-state index in [1.54, 1.807) is 6.92 Å². The van der Waals surface area contributed by atoms with Crippen molar-refractivity contribution in [2.24, 2.45) is 5.92 Å². The Labute approximate surface area is 157 Å². The molecule has 0 rings (SSSR count). The van der Waals surface area contributed by atoms with Crippen LogP contribution in [0.3, 0.4) is 0 Å². The molecule has 0 aliphatic rings. The van der Waals surface area contributed by atoms with Crippen LogP contribution in [0.5, 0.6) is 0 Å². The van der Waals surface area contributed by atoms with Crippen LogP contribution in [-0.4, -0.2) is 5.78 Å². The Kier molecular flexibility index (Phi) is 22.9. The van der Waals surface area contributed by atoms with E-state index in [-0.39, 0.29) is 11.7 Å². The highest BCUT2D eigenvalue weighted by Crippen LogP contribution is 2.07. The minimum absolute atomic E-state index is 0.192. The van der Waals surface area contributed by atoms with Crippen molar-refractivity contribution in [3.05, 3.63) is 60.8 Å². The first-order valence-electron chi connectivity index (χ1n) is 9.93. The summed E-state index contributed by atoms with van der Waals surface area (Å²) in [6.07, 6.45) is 29.1. The maximum Gasteiger partial charge on any atom is 0.132 e. The standard InChI is InChI=1S/C22H34O.C2H6/c1-4-5-6-7-8-9-10-11-12-13-14-15-16-17-18-19-20-21(2)22(3)23;1-2/h5-6,8-9,11-12,14-15,17-18,21H,4,7,10,13,16,19-20H2,1-3H3;1-2H3/b6-5-,9-8-,12-11-,15-14-,18-17-;. The lowest BCUT2D eigenvalue weighted by Gasteiger charge is -2.03. The predicted molar refractivity (Wildman–Crippen MR) is 115 cm³/mol. The van der Waals surface area contributed by atoms with Crippen molar-refractivity contribution >= 4 is 5.78 Å². The monoisotopic (exact) mass is 344 g/mol. The Bertz CT molecular complexity index is 421. The molecule has 0 N–H and O–H groups in total. The van der Waals surface area contributed by atoms with Gasteiger partial charge in [-0.1, -0.05) is 88.5 Å². The summed E-state index contributed by atoms with van der Waals surface area (Å²) in [6.45, 7) is 9.82. The summed E-state index contributed by atoms with van der Waals surface area (Å²) in [7, 11) is 0. The summed E-state index contributed by atoms with van der Waals surface area (Å²) in [4.78, 5) is 11.1. The van der Waals surface area contributed by atoms with Gasteiger partial charge in [-0.15, -0.1) is 0 Å². The third-order valence-corrected chi connectivity index (χ3v) is 3.62. The Morgan fingerprint density at radius 3 is 1.44 bits per heavy atom. The van der Waals surface area contributed by atoms with E-state index in [0.29, 0.717) is 0 Å². The van der Waals surface area contributed by atoms with Crippen LogP contribution < -0.4 is 0 Å². The van der Waals surface area contributed by atoms with E-state index in [9.17, 15) is 4.79 Å². The summed E-state index contributed by atoms with van der Waals surface area (Å²) in [5.41, 5.74) is 0. The van der Waals surface area contributed by atoms with Crippen LogP contribution in [0.1, 0.15) is 79.6 Å². The number of ketones is 1. The number of rotatable bonds is 13. The maximum absolute atomic E-state index is 11.1. The van der Waals surface area contributed by atoms with E-state index < -0.39 is 0 Å². The molecule has 0 amide bonds. The number of Topliss-reactive ketones (excluding diaryl/α,β-unsaturated/α-hetero) is 1. The fourth-order valence-electron chi connectivity index (χ4n) is 1.92. The summed E-state index contributed by atoms with van der Waals surface area (Å²) in [5, 5.41) is 0. The summed E-state index contributed by atoms with van der Waals surface area (Å²) in [5.74, 6) is 0.481. The molecule has 0 bridgehead atoms. The van der Waals surface area contributed by atoms with Gasteiger partial charge in [0.05, 0.1) is 0 Å². The molecule has 0 aliphatic heterocycles. The molecule has 0 saturated carbocycles. The molecule has 1 atom stereocenters. The maximum atomic E-state index is 11.1.